The summed E-state index contributed by atoms with van der Waals surface area (Å²) in [7, 11) is 0. The SMILES string of the molecule is N[C@H](c1cc(F)cc(Br)c1)C1CCCC1. The van der Waals surface area contributed by atoms with Gasteiger partial charge in [-0.3, -0.25) is 0 Å². The fraction of sp³-hybridized carbons (Fsp3) is 0.500. The van der Waals surface area contributed by atoms with Gasteiger partial charge in [-0.15, -0.1) is 0 Å². The summed E-state index contributed by atoms with van der Waals surface area (Å²) in [5.41, 5.74) is 7.06. The summed E-state index contributed by atoms with van der Waals surface area (Å²) in [6.07, 6.45) is 4.87. The molecule has 0 bridgehead atoms. The van der Waals surface area contributed by atoms with Gasteiger partial charge < -0.3 is 5.73 Å². The Labute approximate surface area is 98.0 Å². The molecule has 82 valence electrons. The van der Waals surface area contributed by atoms with Crippen molar-refractivity contribution < 1.29 is 4.39 Å². The van der Waals surface area contributed by atoms with E-state index in [2.05, 4.69) is 15.9 Å². The van der Waals surface area contributed by atoms with Crippen LogP contribution >= 0.6 is 15.9 Å². The van der Waals surface area contributed by atoms with Gasteiger partial charge in [0.1, 0.15) is 5.82 Å². The molecule has 0 aromatic heterocycles. The van der Waals surface area contributed by atoms with Crippen LogP contribution in [0.5, 0.6) is 0 Å². The number of benzene rings is 1. The molecule has 2 rings (SSSR count). The van der Waals surface area contributed by atoms with Gasteiger partial charge in [0, 0.05) is 10.5 Å². The average molecular weight is 272 g/mol. The van der Waals surface area contributed by atoms with E-state index in [1.54, 1.807) is 6.07 Å². The predicted molar refractivity (Wildman–Crippen MR) is 63.0 cm³/mol. The van der Waals surface area contributed by atoms with E-state index in [-0.39, 0.29) is 11.9 Å². The number of hydrogen-bond acceptors (Lipinski definition) is 1. The Kier molecular flexibility index (Phi) is 3.42. The number of halogens is 2. The van der Waals surface area contributed by atoms with Gasteiger partial charge in [-0.25, -0.2) is 4.39 Å². The van der Waals surface area contributed by atoms with Crippen LogP contribution in [0, 0.1) is 11.7 Å². The third kappa shape index (κ3) is 2.58. The molecule has 1 aromatic carbocycles. The molecule has 1 saturated carbocycles. The largest absolute Gasteiger partial charge is 0.324 e. The summed E-state index contributed by atoms with van der Waals surface area (Å²) in [5, 5.41) is 0. The molecule has 0 unspecified atom stereocenters. The first-order valence-electron chi connectivity index (χ1n) is 5.38. The molecule has 0 spiro atoms. The summed E-state index contributed by atoms with van der Waals surface area (Å²) in [6, 6.07) is 4.92. The Morgan fingerprint density at radius 3 is 2.53 bits per heavy atom. The molecule has 3 heteroatoms. The van der Waals surface area contributed by atoms with Crippen LogP contribution in [0.25, 0.3) is 0 Å². The van der Waals surface area contributed by atoms with Crippen molar-refractivity contribution in [2.75, 3.05) is 0 Å². The third-order valence-corrected chi connectivity index (χ3v) is 3.64. The van der Waals surface area contributed by atoms with Crippen molar-refractivity contribution in [3.8, 4) is 0 Å². The molecular formula is C12H15BrFN. The van der Waals surface area contributed by atoms with Gasteiger partial charge >= 0.3 is 0 Å². The Morgan fingerprint density at radius 1 is 1.27 bits per heavy atom. The van der Waals surface area contributed by atoms with Crippen LogP contribution < -0.4 is 5.73 Å². The zero-order valence-electron chi connectivity index (χ0n) is 8.55. The molecule has 1 atom stereocenters. The van der Waals surface area contributed by atoms with Crippen molar-refractivity contribution in [3.05, 3.63) is 34.1 Å². The van der Waals surface area contributed by atoms with Gasteiger partial charge in [-0.05, 0) is 42.5 Å². The lowest BCUT2D eigenvalue weighted by molar-refractivity contribution is 0.443. The molecule has 1 aliphatic rings. The van der Waals surface area contributed by atoms with Gasteiger partial charge in [0.15, 0.2) is 0 Å². The lowest BCUT2D eigenvalue weighted by Crippen LogP contribution is -2.19. The number of hydrogen-bond donors (Lipinski definition) is 1. The number of rotatable bonds is 2. The van der Waals surface area contributed by atoms with Gasteiger partial charge in [-0.2, -0.15) is 0 Å². The van der Waals surface area contributed by atoms with Crippen molar-refractivity contribution in [2.24, 2.45) is 11.7 Å². The highest BCUT2D eigenvalue weighted by molar-refractivity contribution is 9.10. The maximum Gasteiger partial charge on any atom is 0.124 e. The maximum absolute atomic E-state index is 13.2. The third-order valence-electron chi connectivity index (χ3n) is 3.18. The summed E-state index contributed by atoms with van der Waals surface area (Å²) in [4.78, 5) is 0. The van der Waals surface area contributed by atoms with Gasteiger partial charge in [0.25, 0.3) is 0 Å². The molecular weight excluding hydrogens is 257 g/mol. The normalized spacial score (nSPS) is 19.4. The zero-order valence-corrected chi connectivity index (χ0v) is 10.1. The fourth-order valence-corrected chi connectivity index (χ4v) is 2.84. The quantitative estimate of drug-likeness (QED) is 0.871. The van der Waals surface area contributed by atoms with Crippen LogP contribution in [0.4, 0.5) is 4.39 Å². The molecule has 0 amide bonds. The summed E-state index contributed by atoms with van der Waals surface area (Å²) in [5.74, 6) is 0.312. The Hall–Kier alpha value is -0.410. The van der Waals surface area contributed by atoms with Gasteiger partial charge in [0.2, 0.25) is 0 Å². The monoisotopic (exact) mass is 271 g/mol. The Morgan fingerprint density at radius 2 is 1.93 bits per heavy atom. The molecule has 1 nitrogen and oxygen atoms in total. The minimum absolute atomic E-state index is 0.0144. The van der Waals surface area contributed by atoms with E-state index < -0.39 is 0 Å². The minimum atomic E-state index is -0.215. The average Bonchev–Trinajstić information content (AvgIpc) is 2.67. The summed E-state index contributed by atoms with van der Waals surface area (Å²) in [6.45, 7) is 0. The van der Waals surface area contributed by atoms with Crippen LogP contribution in [0.2, 0.25) is 0 Å². The van der Waals surface area contributed by atoms with Crippen LogP contribution in [-0.4, -0.2) is 0 Å². The summed E-state index contributed by atoms with van der Waals surface area (Å²) < 4.78 is 14.0. The van der Waals surface area contributed by atoms with Crippen molar-refractivity contribution in [2.45, 2.75) is 31.7 Å². The molecule has 2 N–H and O–H groups in total. The van der Waals surface area contributed by atoms with Crippen LogP contribution in [0.3, 0.4) is 0 Å². The Balaban J connectivity index is 2.20. The highest BCUT2D eigenvalue weighted by atomic mass is 79.9. The topological polar surface area (TPSA) is 26.0 Å². The standard InChI is InChI=1S/C12H15BrFN/c13-10-5-9(6-11(14)7-10)12(15)8-3-1-2-4-8/h5-8,12H,1-4,15H2/t12-/m0/s1. The van der Waals surface area contributed by atoms with E-state index in [1.165, 1.54) is 31.7 Å². The van der Waals surface area contributed by atoms with E-state index in [9.17, 15) is 4.39 Å². The molecule has 0 aliphatic heterocycles. The van der Waals surface area contributed by atoms with Crippen LogP contribution in [0.15, 0.2) is 22.7 Å². The van der Waals surface area contributed by atoms with Crippen molar-refractivity contribution in [1.82, 2.24) is 0 Å². The van der Waals surface area contributed by atoms with Gasteiger partial charge in [-0.1, -0.05) is 28.8 Å². The van der Waals surface area contributed by atoms with Gasteiger partial charge in [0.05, 0.1) is 0 Å². The first kappa shape index (κ1) is 11.1. The lowest BCUT2D eigenvalue weighted by Gasteiger charge is -2.19. The number of nitrogens with two attached hydrogens (primary N) is 1. The predicted octanol–water partition coefficient (Wildman–Crippen LogP) is 3.78. The second kappa shape index (κ2) is 4.62. The molecule has 0 radical (unpaired) electrons. The molecule has 1 fully saturated rings. The second-order valence-corrected chi connectivity index (χ2v) is 5.19. The second-order valence-electron chi connectivity index (χ2n) is 4.27. The van der Waals surface area contributed by atoms with E-state index in [1.807, 2.05) is 6.07 Å². The zero-order chi connectivity index (χ0) is 10.8. The first-order chi connectivity index (χ1) is 7.16. The van der Waals surface area contributed by atoms with Crippen molar-refractivity contribution in [1.29, 1.82) is 0 Å². The molecule has 1 aromatic rings. The minimum Gasteiger partial charge on any atom is -0.324 e. The molecule has 0 heterocycles. The highest BCUT2D eigenvalue weighted by Crippen LogP contribution is 2.35. The van der Waals surface area contributed by atoms with Crippen LogP contribution in [-0.2, 0) is 0 Å². The fourth-order valence-electron chi connectivity index (χ4n) is 2.36. The molecule has 1 aliphatic carbocycles. The van der Waals surface area contributed by atoms with Crippen molar-refractivity contribution in [3.63, 3.8) is 0 Å². The van der Waals surface area contributed by atoms with E-state index in [4.69, 9.17) is 5.73 Å². The van der Waals surface area contributed by atoms with E-state index >= 15 is 0 Å². The Bertz CT molecular complexity index is 327. The molecule has 0 saturated heterocycles. The smallest absolute Gasteiger partial charge is 0.124 e. The van der Waals surface area contributed by atoms with Crippen LogP contribution in [0.1, 0.15) is 37.3 Å². The maximum atomic E-state index is 13.2. The van der Waals surface area contributed by atoms with Crippen molar-refractivity contribution >= 4 is 15.9 Å². The molecule has 15 heavy (non-hydrogen) atoms. The lowest BCUT2D eigenvalue weighted by atomic mass is 9.92. The highest BCUT2D eigenvalue weighted by Gasteiger charge is 2.23. The summed E-state index contributed by atoms with van der Waals surface area (Å²) >= 11 is 3.29. The first-order valence-corrected chi connectivity index (χ1v) is 6.17. The van der Waals surface area contributed by atoms with E-state index in [0.717, 1.165) is 10.0 Å². The van der Waals surface area contributed by atoms with E-state index in [0.29, 0.717) is 5.92 Å².